The Balaban J connectivity index is 1.63. The molecule has 1 amide bonds. The van der Waals surface area contributed by atoms with Gasteiger partial charge in [-0.2, -0.15) is 0 Å². The molecule has 1 aromatic heterocycles. The molecule has 2 aromatic carbocycles. The minimum absolute atomic E-state index is 0.0463. The number of benzene rings is 2. The summed E-state index contributed by atoms with van der Waals surface area (Å²) in [5.74, 6) is -0.417. The van der Waals surface area contributed by atoms with Gasteiger partial charge in [0.2, 0.25) is 0 Å². The lowest BCUT2D eigenvalue weighted by molar-refractivity contribution is 0.0696. The highest BCUT2D eigenvalue weighted by molar-refractivity contribution is 6.06. The van der Waals surface area contributed by atoms with Crippen LogP contribution in [0.15, 0.2) is 36.4 Å². The third-order valence-corrected chi connectivity index (χ3v) is 5.05. The van der Waals surface area contributed by atoms with Crippen molar-refractivity contribution >= 4 is 28.5 Å². The molecule has 0 radical (unpaired) electrons. The average molecular weight is 469 g/mol. The molecule has 0 spiro atoms. The number of nitrogens with zero attached hydrogens (tertiary/aromatic N) is 1. The molecule has 10 nitrogen and oxygen atoms in total. The fraction of sp³-hybridized carbons (Fsp3) is 0.292. The largest absolute Gasteiger partial charge is 0.493 e. The molecule has 3 rings (SSSR count). The monoisotopic (exact) mass is 469 g/mol. The van der Waals surface area contributed by atoms with E-state index >= 15 is 0 Å². The van der Waals surface area contributed by atoms with Gasteiger partial charge in [0, 0.05) is 6.54 Å². The summed E-state index contributed by atoms with van der Waals surface area (Å²) in [7, 11) is 1.44. The van der Waals surface area contributed by atoms with Gasteiger partial charge < -0.3 is 35.5 Å². The maximum absolute atomic E-state index is 12.6. The molecule has 0 saturated carbocycles. The zero-order chi connectivity index (χ0) is 24.7. The quantitative estimate of drug-likeness (QED) is 0.310. The molecule has 0 aliphatic heterocycles. The summed E-state index contributed by atoms with van der Waals surface area (Å²) >= 11 is 0. The van der Waals surface area contributed by atoms with E-state index in [0.717, 1.165) is 0 Å². The number of hydrogen-bond donors (Lipinski definition) is 4. The van der Waals surface area contributed by atoms with E-state index in [1.54, 1.807) is 43.3 Å². The number of aromatic nitrogens is 1. The SMILES string of the molecule is COc1c(OCCO)cccc1C(=O)NCCCOc1cccc2nc(C)c(C(=O)O)c(N)c12. The molecule has 10 heteroatoms. The van der Waals surface area contributed by atoms with Crippen LogP contribution in [0.4, 0.5) is 5.69 Å². The van der Waals surface area contributed by atoms with Crippen molar-refractivity contribution in [2.45, 2.75) is 13.3 Å². The molecule has 0 saturated heterocycles. The molecule has 180 valence electrons. The highest BCUT2D eigenvalue weighted by Crippen LogP contribution is 2.33. The molecule has 0 fully saturated rings. The molecule has 0 aliphatic carbocycles. The standard InChI is InChI=1S/C24H27N3O7/c1-14-19(24(30)31)21(25)20-16(27-14)7-4-8-17(20)33-12-5-10-26-23(29)15-6-3-9-18(22(15)32-2)34-13-11-28/h3-4,6-9,28H,5,10-13H2,1-2H3,(H2,25,27)(H,26,29)(H,30,31). The number of fused-ring (bicyclic) bond motifs is 1. The van der Waals surface area contributed by atoms with E-state index in [4.69, 9.17) is 25.1 Å². The lowest BCUT2D eigenvalue weighted by atomic mass is 10.1. The number of carboxylic acids is 1. The lowest BCUT2D eigenvalue weighted by Gasteiger charge is -2.15. The van der Waals surface area contributed by atoms with Crippen LogP contribution < -0.4 is 25.3 Å². The first-order valence-corrected chi connectivity index (χ1v) is 10.6. The third kappa shape index (κ3) is 5.29. The van der Waals surface area contributed by atoms with E-state index in [2.05, 4.69) is 10.3 Å². The molecule has 1 heterocycles. The van der Waals surface area contributed by atoms with E-state index in [0.29, 0.717) is 46.6 Å². The van der Waals surface area contributed by atoms with Crippen molar-refractivity contribution in [3.8, 4) is 17.2 Å². The first kappa shape index (κ1) is 24.6. The number of amides is 1. The van der Waals surface area contributed by atoms with Crippen LogP contribution in [-0.4, -0.2) is 60.5 Å². The van der Waals surface area contributed by atoms with Crippen molar-refractivity contribution in [1.29, 1.82) is 0 Å². The summed E-state index contributed by atoms with van der Waals surface area (Å²) in [6.07, 6.45) is 0.482. The van der Waals surface area contributed by atoms with E-state index in [9.17, 15) is 14.7 Å². The highest BCUT2D eigenvalue weighted by atomic mass is 16.5. The van der Waals surface area contributed by atoms with Crippen molar-refractivity contribution in [3.05, 3.63) is 53.2 Å². The number of para-hydroxylation sites is 1. The van der Waals surface area contributed by atoms with E-state index in [1.165, 1.54) is 7.11 Å². The Morgan fingerprint density at radius 1 is 1.09 bits per heavy atom. The van der Waals surface area contributed by atoms with Crippen LogP contribution in [0.3, 0.4) is 0 Å². The van der Waals surface area contributed by atoms with Gasteiger partial charge in [-0.3, -0.25) is 9.78 Å². The summed E-state index contributed by atoms with van der Waals surface area (Å²) in [6.45, 7) is 2.10. The first-order valence-electron chi connectivity index (χ1n) is 10.6. The summed E-state index contributed by atoms with van der Waals surface area (Å²) in [5.41, 5.74) is 7.38. The summed E-state index contributed by atoms with van der Waals surface area (Å²) in [4.78, 5) is 28.5. The van der Waals surface area contributed by atoms with Crippen molar-refractivity contribution in [3.63, 3.8) is 0 Å². The number of aryl methyl sites for hydroxylation is 1. The second-order valence-electron chi connectivity index (χ2n) is 7.31. The summed E-state index contributed by atoms with van der Waals surface area (Å²) < 4.78 is 16.6. The van der Waals surface area contributed by atoms with E-state index < -0.39 is 5.97 Å². The maximum Gasteiger partial charge on any atom is 0.339 e. The van der Waals surface area contributed by atoms with Gasteiger partial charge in [0.1, 0.15) is 17.9 Å². The molecule has 5 N–H and O–H groups in total. The number of nitrogens with one attached hydrogen (secondary N) is 1. The Morgan fingerprint density at radius 2 is 1.79 bits per heavy atom. The number of nitrogens with two attached hydrogens (primary N) is 1. The van der Waals surface area contributed by atoms with E-state index in [-0.39, 0.29) is 42.7 Å². The van der Waals surface area contributed by atoms with Gasteiger partial charge in [0.25, 0.3) is 5.91 Å². The number of pyridine rings is 1. The van der Waals surface area contributed by atoms with Crippen molar-refractivity contribution in [2.24, 2.45) is 0 Å². The number of carbonyl (C=O) groups excluding carboxylic acids is 1. The van der Waals surface area contributed by atoms with Gasteiger partial charge in [-0.1, -0.05) is 12.1 Å². The maximum atomic E-state index is 12.6. The van der Waals surface area contributed by atoms with Crippen LogP contribution in [0.25, 0.3) is 10.9 Å². The van der Waals surface area contributed by atoms with Crippen molar-refractivity contribution in [2.75, 3.05) is 39.2 Å². The lowest BCUT2D eigenvalue weighted by Crippen LogP contribution is -2.26. The number of ether oxygens (including phenoxy) is 3. The average Bonchev–Trinajstić information content (AvgIpc) is 2.81. The van der Waals surface area contributed by atoms with Crippen LogP contribution >= 0.6 is 0 Å². The predicted molar refractivity (Wildman–Crippen MR) is 126 cm³/mol. The molecule has 34 heavy (non-hydrogen) atoms. The minimum Gasteiger partial charge on any atom is -0.493 e. The Hall–Kier alpha value is -4.05. The Morgan fingerprint density at radius 3 is 2.50 bits per heavy atom. The van der Waals surface area contributed by atoms with Gasteiger partial charge in [-0.25, -0.2) is 4.79 Å². The number of methoxy groups -OCH3 is 1. The van der Waals surface area contributed by atoms with Gasteiger partial charge in [0.05, 0.1) is 48.2 Å². The Kier molecular flexibility index (Phi) is 8.10. The number of anilines is 1. The van der Waals surface area contributed by atoms with E-state index in [1.807, 2.05) is 0 Å². The highest BCUT2D eigenvalue weighted by Gasteiger charge is 2.19. The van der Waals surface area contributed by atoms with Crippen LogP contribution in [-0.2, 0) is 0 Å². The van der Waals surface area contributed by atoms with Crippen LogP contribution in [0.2, 0.25) is 0 Å². The second-order valence-corrected chi connectivity index (χ2v) is 7.31. The molecule has 3 aromatic rings. The minimum atomic E-state index is -1.15. The smallest absolute Gasteiger partial charge is 0.339 e. The number of nitrogen functional groups attached to an aromatic ring is 1. The molecular weight excluding hydrogens is 442 g/mol. The van der Waals surface area contributed by atoms with Gasteiger partial charge in [-0.05, 0) is 37.6 Å². The number of carboxylic acid groups (broad SMARTS) is 1. The molecular formula is C24H27N3O7. The zero-order valence-corrected chi connectivity index (χ0v) is 19.0. The van der Waals surface area contributed by atoms with Gasteiger partial charge >= 0.3 is 5.97 Å². The molecule has 0 atom stereocenters. The fourth-order valence-corrected chi connectivity index (χ4v) is 3.56. The summed E-state index contributed by atoms with van der Waals surface area (Å²) in [6, 6.07) is 10.1. The van der Waals surface area contributed by atoms with Crippen molar-refractivity contribution in [1.82, 2.24) is 10.3 Å². The Labute approximate surface area is 196 Å². The number of aliphatic hydroxyl groups is 1. The van der Waals surface area contributed by atoms with Crippen LogP contribution in [0.5, 0.6) is 17.2 Å². The summed E-state index contributed by atoms with van der Waals surface area (Å²) in [5, 5.41) is 21.7. The number of aliphatic hydroxyl groups excluding tert-OH is 1. The fourth-order valence-electron chi connectivity index (χ4n) is 3.56. The third-order valence-electron chi connectivity index (χ3n) is 5.05. The molecule has 0 aliphatic rings. The van der Waals surface area contributed by atoms with Crippen LogP contribution in [0, 0.1) is 6.92 Å². The Bertz CT molecular complexity index is 1200. The van der Waals surface area contributed by atoms with Crippen LogP contribution in [0.1, 0.15) is 32.8 Å². The van der Waals surface area contributed by atoms with Gasteiger partial charge in [0.15, 0.2) is 11.5 Å². The molecule has 0 unspecified atom stereocenters. The topological polar surface area (TPSA) is 153 Å². The van der Waals surface area contributed by atoms with Gasteiger partial charge in [-0.15, -0.1) is 0 Å². The zero-order valence-electron chi connectivity index (χ0n) is 19.0. The normalized spacial score (nSPS) is 10.7. The number of hydrogen-bond acceptors (Lipinski definition) is 8. The number of carbonyl (C=O) groups is 2. The molecule has 0 bridgehead atoms. The number of aromatic carboxylic acids is 1. The predicted octanol–water partition coefficient (Wildman–Crippen LogP) is 2.40. The second kappa shape index (κ2) is 11.2. The first-order chi connectivity index (χ1) is 16.4. The number of rotatable bonds is 11. The van der Waals surface area contributed by atoms with Crippen molar-refractivity contribution < 1.29 is 34.0 Å².